The summed E-state index contributed by atoms with van der Waals surface area (Å²) in [6.45, 7) is 6.59. The summed E-state index contributed by atoms with van der Waals surface area (Å²) < 4.78 is 4.87. The Labute approximate surface area is 540 Å². The van der Waals surface area contributed by atoms with E-state index in [-0.39, 0.29) is 45.4 Å². The van der Waals surface area contributed by atoms with Gasteiger partial charge in [-0.25, -0.2) is 0 Å². The van der Waals surface area contributed by atoms with Gasteiger partial charge >= 0.3 is 0 Å². The van der Waals surface area contributed by atoms with Crippen LogP contribution in [0.25, 0.3) is 66.1 Å². The molecule has 0 saturated heterocycles. The van der Waals surface area contributed by atoms with Gasteiger partial charge in [-0.1, -0.05) is 170 Å². The number of unbranched alkanes of at least 4 members (excludes halogenated alkanes) is 1. The molecule has 458 valence electrons. The number of hydrogen-bond donors (Lipinski definition) is 3. The van der Waals surface area contributed by atoms with Crippen molar-refractivity contribution in [2.75, 3.05) is 16.0 Å². The summed E-state index contributed by atoms with van der Waals surface area (Å²) in [4.78, 5) is 94.1. The number of nitrogens with one attached hydrogen (secondary N) is 3. The lowest BCUT2D eigenvalue weighted by molar-refractivity contribution is 0.102. The second kappa shape index (κ2) is 24.3. The normalized spacial score (nSPS) is 12.0. The smallest absolute Gasteiger partial charge is 0.262 e. The van der Waals surface area contributed by atoms with Crippen LogP contribution in [0.15, 0.2) is 245 Å². The van der Waals surface area contributed by atoms with Crippen LogP contribution in [0.4, 0.5) is 34.1 Å². The average molecular weight is 1230 g/mol. The fraction of sp³-hybridized carbons (Fsp3) is 0.0988. The van der Waals surface area contributed by atoms with Crippen molar-refractivity contribution in [3.8, 4) is 33.4 Å². The Morgan fingerprint density at radius 3 is 1.19 bits per heavy atom. The van der Waals surface area contributed by atoms with E-state index in [1.165, 1.54) is 5.56 Å². The lowest BCUT2D eigenvalue weighted by atomic mass is 9.80. The van der Waals surface area contributed by atoms with Crippen LogP contribution in [0.3, 0.4) is 0 Å². The first kappa shape index (κ1) is 59.5. The predicted molar refractivity (Wildman–Crippen MR) is 377 cm³/mol. The molecule has 0 unspecified atom stereocenters. The molecule has 3 heterocycles. The Hall–Kier alpha value is -12.1. The summed E-state index contributed by atoms with van der Waals surface area (Å²) in [7, 11) is 3.48. The van der Waals surface area contributed by atoms with E-state index < -0.39 is 0 Å². The Morgan fingerprint density at radius 1 is 0.372 bits per heavy atom. The number of fused-ring (bicyclic) bond motifs is 6. The van der Waals surface area contributed by atoms with Gasteiger partial charge in [0.25, 0.3) is 16.7 Å². The van der Waals surface area contributed by atoms with E-state index in [1.807, 2.05) is 202 Å². The number of nitrogens with zero attached hydrogens (tertiary/aromatic N) is 3. The molecule has 0 atom stereocenters. The average Bonchev–Trinajstić information content (AvgIpc) is 0.725. The van der Waals surface area contributed by atoms with E-state index in [4.69, 9.17) is 0 Å². The van der Waals surface area contributed by atoms with Crippen molar-refractivity contribution in [3.63, 3.8) is 0 Å². The number of anilines is 6. The highest BCUT2D eigenvalue weighted by molar-refractivity contribution is 6.32. The molecule has 3 aliphatic rings. The molecule has 13 heteroatoms. The predicted octanol–water partition coefficient (Wildman–Crippen LogP) is 16.6. The van der Waals surface area contributed by atoms with Gasteiger partial charge in [-0.3, -0.25) is 33.6 Å². The third-order valence-electron chi connectivity index (χ3n) is 18.0. The van der Waals surface area contributed by atoms with E-state index in [2.05, 4.69) is 22.9 Å². The van der Waals surface area contributed by atoms with Crippen molar-refractivity contribution in [3.05, 3.63) is 317 Å². The number of para-hydroxylation sites is 1. The Bertz CT molecular complexity index is 5510. The van der Waals surface area contributed by atoms with Gasteiger partial charge in [-0.05, 0) is 121 Å². The van der Waals surface area contributed by atoms with Crippen LogP contribution in [0.2, 0.25) is 0 Å². The molecule has 13 nitrogen and oxygen atoms in total. The zero-order chi connectivity index (χ0) is 65.1. The number of carbonyl (C=O) groups is 4. The maximum Gasteiger partial charge on any atom is 0.262 e. The van der Waals surface area contributed by atoms with Crippen LogP contribution < -0.4 is 32.6 Å². The molecule has 0 radical (unpaired) electrons. The number of aryl methyl sites for hydroxylation is 5. The first-order valence-electron chi connectivity index (χ1n) is 31.3. The fourth-order valence-corrected chi connectivity index (χ4v) is 13.2. The second-order valence-corrected chi connectivity index (χ2v) is 23.9. The summed E-state index contributed by atoms with van der Waals surface area (Å²) in [6, 6.07) is 71.5. The van der Waals surface area contributed by atoms with Crippen LogP contribution in [0.5, 0.6) is 0 Å². The lowest BCUT2D eigenvalue weighted by Gasteiger charge is -2.26. The van der Waals surface area contributed by atoms with Crippen LogP contribution in [-0.2, 0) is 20.6 Å². The highest BCUT2D eigenvalue weighted by Gasteiger charge is 2.36. The zero-order valence-electron chi connectivity index (χ0n) is 52.3. The number of ketones is 4. The topological polar surface area (TPSA) is 170 Å². The van der Waals surface area contributed by atoms with Crippen LogP contribution >= 0.6 is 0 Å². The third-order valence-corrected chi connectivity index (χ3v) is 18.0. The lowest BCUT2D eigenvalue weighted by Crippen LogP contribution is -2.30. The minimum Gasteiger partial charge on any atom is -0.355 e. The van der Waals surface area contributed by atoms with Crippen LogP contribution in [0.1, 0.15) is 94.6 Å². The summed E-state index contributed by atoms with van der Waals surface area (Å²) in [6.07, 6.45) is 1.66. The molecule has 0 fully saturated rings. The van der Waals surface area contributed by atoms with E-state index in [0.717, 1.165) is 90.9 Å². The summed E-state index contributed by atoms with van der Waals surface area (Å²) in [5, 5.41) is 12.5. The fourth-order valence-electron chi connectivity index (χ4n) is 13.2. The first-order chi connectivity index (χ1) is 45.7. The Morgan fingerprint density at radius 2 is 0.745 bits per heavy atom. The van der Waals surface area contributed by atoms with Gasteiger partial charge in [0.05, 0.1) is 55.9 Å². The number of rotatable bonds is 11. The SMILES string of the molecule is CCCCn1c(=O)c(C(=O)c2ccccc2)c2c3c(c(Nc4ccc(C)cc4)ccc31)C(=O)c1ccccc1-2.Cc1ccc(Nc2ccc3c4c(cc(=O)n3C)-c3ccccc3C(=O)c24)cc1.Cn1c(=O)cc2c3c(c(Nc4ccccc4)ccc31)C(=O)c1ccccc1-2. The van der Waals surface area contributed by atoms with E-state index >= 15 is 0 Å². The molecule has 13 aromatic rings. The highest BCUT2D eigenvalue weighted by atomic mass is 16.2. The maximum atomic E-state index is 14.2. The maximum absolute atomic E-state index is 14.2. The Kier molecular flexibility index (Phi) is 15.4. The van der Waals surface area contributed by atoms with Crippen molar-refractivity contribution < 1.29 is 19.2 Å². The van der Waals surface area contributed by atoms with Crippen LogP contribution in [0, 0.1) is 13.8 Å². The monoisotopic (exact) mass is 1230 g/mol. The van der Waals surface area contributed by atoms with Gasteiger partial charge in [0, 0.05) is 93.8 Å². The molecule has 0 saturated carbocycles. The first-order valence-corrected chi connectivity index (χ1v) is 31.3. The minimum absolute atomic E-state index is 0.0260. The van der Waals surface area contributed by atoms with Gasteiger partial charge in [0.15, 0.2) is 23.1 Å². The standard InChI is InChI=1S/C34H28N2O3.C24H18N2O2.C23H16N2O2/c1-3-4-20-36-27-19-18-26(35-23-16-14-21(2)15-17-23)29-30(27)28(24-12-8-9-13-25(24)33(29)38)31(34(36)39)32(37)22-10-6-5-7-11-22;1-14-7-9-15(10-8-14)25-19-11-12-20-22-18(13-21(27)26(20)2)16-5-3-4-6-17(16)24(28)23(19)22;1-25-19-12-11-18(24-14-7-3-2-4-8-14)22-21(19)17(13-20(25)26)15-9-5-6-10-16(15)23(22)27/h5-19,35H,3-4,20H2,1-2H3;3-13,25H,1-2H3;2-13,24H,1H3. The molecule has 0 amide bonds. The quantitative estimate of drug-likeness (QED) is 0.106. The van der Waals surface area contributed by atoms with E-state index in [1.54, 1.807) is 70.3 Å². The van der Waals surface area contributed by atoms with Crippen molar-refractivity contribution >= 4 is 90.0 Å². The van der Waals surface area contributed by atoms with Crippen molar-refractivity contribution in [2.45, 2.75) is 40.2 Å². The summed E-state index contributed by atoms with van der Waals surface area (Å²) in [5.41, 5.74) is 17.2. The summed E-state index contributed by atoms with van der Waals surface area (Å²) >= 11 is 0. The largest absolute Gasteiger partial charge is 0.355 e. The zero-order valence-corrected chi connectivity index (χ0v) is 52.3. The molecule has 3 aliphatic carbocycles. The highest BCUT2D eigenvalue weighted by Crippen LogP contribution is 2.46. The molecule has 0 spiro atoms. The van der Waals surface area contributed by atoms with E-state index in [9.17, 15) is 33.6 Å². The number of benzene rings is 10. The van der Waals surface area contributed by atoms with Gasteiger partial charge in [0.1, 0.15) is 0 Å². The number of aromatic nitrogens is 3. The third kappa shape index (κ3) is 10.3. The van der Waals surface area contributed by atoms with Crippen molar-refractivity contribution in [1.82, 2.24) is 13.7 Å². The number of hydrogen-bond acceptors (Lipinski definition) is 10. The minimum atomic E-state index is -0.338. The van der Waals surface area contributed by atoms with Gasteiger partial charge < -0.3 is 29.7 Å². The molecule has 10 aromatic carbocycles. The molecular formula is C81H62N6O7. The van der Waals surface area contributed by atoms with Gasteiger partial charge in [0.2, 0.25) is 0 Å². The number of pyridine rings is 3. The molecule has 3 aromatic heterocycles. The Balaban J connectivity index is 0.000000125. The van der Waals surface area contributed by atoms with E-state index in [0.29, 0.717) is 73.2 Å². The van der Waals surface area contributed by atoms with Crippen molar-refractivity contribution in [1.29, 1.82) is 0 Å². The van der Waals surface area contributed by atoms with Gasteiger partial charge in [-0.2, -0.15) is 0 Å². The molecule has 94 heavy (non-hydrogen) atoms. The number of carbonyl (C=O) groups excluding carboxylic acids is 4. The van der Waals surface area contributed by atoms with Crippen molar-refractivity contribution in [2.24, 2.45) is 14.1 Å². The molecular weight excluding hydrogens is 1170 g/mol. The molecule has 0 aliphatic heterocycles. The molecule has 0 bridgehead atoms. The van der Waals surface area contributed by atoms with Gasteiger partial charge in [-0.15, -0.1) is 0 Å². The van der Waals surface area contributed by atoms with Crippen LogP contribution in [-0.4, -0.2) is 36.8 Å². The second-order valence-electron chi connectivity index (χ2n) is 23.9. The summed E-state index contributed by atoms with van der Waals surface area (Å²) in [5.74, 6) is -0.519. The molecule has 16 rings (SSSR count). The molecule has 3 N–H and O–H groups in total.